The van der Waals surface area contributed by atoms with Crippen LogP contribution in [0.2, 0.25) is 0 Å². The molecule has 0 aliphatic heterocycles. The molecule has 0 fully saturated rings. The first-order valence-electron chi connectivity index (χ1n) is 7.77. The van der Waals surface area contributed by atoms with Gasteiger partial charge in [-0.3, -0.25) is 4.79 Å². The second-order valence-electron chi connectivity index (χ2n) is 6.22. The number of carbonyl (C=O) groups is 1. The summed E-state index contributed by atoms with van der Waals surface area (Å²) in [6, 6.07) is 8.17. The number of carbonyl (C=O) groups excluding carboxylic acids is 1. The molecular formula is C18H26N2O. The summed E-state index contributed by atoms with van der Waals surface area (Å²) in [4.78, 5) is 11.3. The highest BCUT2D eigenvalue weighted by atomic mass is 16.1. The first-order valence-corrected chi connectivity index (χ1v) is 7.77. The molecule has 0 bridgehead atoms. The molecule has 0 heterocycles. The molecule has 2 rings (SSSR count). The molecule has 114 valence electrons. The van der Waals surface area contributed by atoms with Gasteiger partial charge in [-0.05, 0) is 49.3 Å². The number of anilines is 1. The molecule has 2 unspecified atom stereocenters. The number of hydrogen-bond donors (Lipinski definition) is 2. The summed E-state index contributed by atoms with van der Waals surface area (Å²) in [6.07, 6.45) is 5.30. The Morgan fingerprint density at radius 3 is 2.62 bits per heavy atom. The Kier molecular flexibility index (Phi) is 5.43. The summed E-state index contributed by atoms with van der Waals surface area (Å²) in [5.41, 5.74) is 3.70. The second-order valence-corrected chi connectivity index (χ2v) is 6.22. The van der Waals surface area contributed by atoms with Crippen LogP contribution in [0.5, 0.6) is 0 Å². The van der Waals surface area contributed by atoms with E-state index < -0.39 is 0 Å². The summed E-state index contributed by atoms with van der Waals surface area (Å²) >= 11 is 0. The predicted octanol–water partition coefficient (Wildman–Crippen LogP) is 3.38. The smallest absolute Gasteiger partial charge is 0.224 e. The molecule has 2 atom stereocenters. The van der Waals surface area contributed by atoms with Crippen molar-refractivity contribution >= 4 is 11.6 Å². The van der Waals surface area contributed by atoms with Crippen molar-refractivity contribution < 1.29 is 4.79 Å². The van der Waals surface area contributed by atoms with Crippen LogP contribution in [0.25, 0.3) is 0 Å². The fraction of sp³-hybridized carbons (Fsp3) is 0.500. The molecule has 0 saturated heterocycles. The molecule has 0 spiro atoms. The lowest BCUT2D eigenvalue weighted by atomic mass is 9.84. The van der Waals surface area contributed by atoms with Crippen molar-refractivity contribution in [1.29, 1.82) is 0 Å². The zero-order chi connectivity index (χ0) is 15.2. The normalized spacial score (nSPS) is 21.6. The highest BCUT2D eigenvalue weighted by molar-refractivity contribution is 5.78. The number of amides is 1. The first-order chi connectivity index (χ1) is 10.1. The van der Waals surface area contributed by atoms with E-state index in [0.29, 0.717) is 12.3 Å². The predicted molar refractivity (Wildman–Crippen MR) is 88.3 cm³/mol. The molecule has 1 aliphatic rings. The average Bonchev–Trinajstić information content (AvgIpc) is 2.45. The summed E-state index contributed by atoms with van der Waals surface area (Å²) < 4.78 is 0. The van der Waals surface area contributed by atoms with Gasteiger partial charge in [-0.1, -0.05) is 30.7 Å². The van der Waals surface area contributed by atoms with Crippen molar-refractivity contribution in [1.82, 2.24) is 5.32 Å². The van der Waals surface area contributed by atoms with Crippen LogP contribution in [0, 0.1) is 11.8 Å². The fourth-order valence-corrected chi connectivity index (χ4v) is 3.12. The Morgan fingerprint density at radius 1 is 1.29 bits per heavy atom. The van der Waals surface area contributed by atoms with Crippen molar-refractivity contribution in [3.63, 3.8) is 0 Å². The minimum atomic E-state index is 0.0502. The number of rotatable bonds is 5. The average molecular weight is 286 g/mol. The first kappa shape index (κ1) is 15.6. The number of benzene rings is 1. The van der Waals surface area contributed by atoms with Gasteiger partial charge in [-0.15, -0.1) is 0 Å². The molecule has 2 N–H and O–H groups in total. The van der Waals surface area contributed by atoms with Crippen LogP contribution in [-0.4, -0.2) is 19.5 Å². The molecule has 0 saturated carbocycles. The van der Waals surface area contributed by atoms with E-state index in [1.165, 1.54) is 18.4 Å². The van der Waals surface area contributed by atoms with Gasteiger partial charge in [0.1, 0.15) is 0 Å². The van der Waals surface area contributed by atoms with Gasteiger partial charge >= 0.3 is 0 Å². The molecule has 3 nitrogen and oxygen atoms in total. The Bertz CT molecular complexity index is 504. The van der Waals surface area contributed by atoms with E-state index in [1.807, 2.05) is 12.1 Å². The van der Waals surface area contributed by atoms with Gasteiger partial charge in [0.25, 0.3) is 0 Å². The molecule has 0 radical (unpaired) electrons. The molecule has 1 aromatic carbocycles. The molecule has 1 aliphatic carbocycles. The Balaban J connectivity index is 1.84. The highest BCUT2D eigenvalue weighted by Gasteiger charge is 2.17. The van der Waals surface area contributed by atoms with E-state index in [9.17, 15) is 4.79 Å². The van der Waals surface area contributed by atoms with Crippen molar-refractivity contribution in [3.05, 3.63) is 41.5 Å². The highest BCUT2D eigenvalue weighted by Crippen LogP contribution is 2.28. The van der Waals surface area contributed by atoms with E-state index in [0.717, 1.165) is 23.7 Å². The summed E-state index contributed by atoms with van der Waals surface area (Å²) in [5.74, 6) is 1.46. The maximum atomic E-state index is 11.3. The summed E-state index contributed by atoms with van der Waals surface area (Å²) in [5, 5.41) is 6.17. The van der Waals surface area contributed by atoms with E-state index in [-0.39, 0.29) is 5.91 Å². The van der Waals surface area contributed by atoms with Gasteiger partial charge in [0.05, 0.1) is 6.42 Å². The van der Waals surface area contributed by atoms with Crippen LogP contribution in [0.3, 0.4) is 0 Å². The summed E-state index contributed by atoms with van der Waals surface area (Å²) in [7, 11) is 1.67. The Morgan fingerprint density at radius 2 is 2.00 bits per heavy atom. The summed E-state index contributed by atoms with van der Waals surface area (Å²) in [6.45, 7) is 5.55. The Labute approximate surface area is 127 Å². The lowest BCUT2D eigenvalue weighted by molar-refractivity contribution is -0.119. The van der Waals surface area contributed by atoms with Gasteiger partial charge in [0, 0.05) is 19.3 Å². The number of hydrogen-bond acceptors (Lipinski definition) is 2. The third-order valence-corrected chi connectivity index (χ3v) is 4.08. The van der Waals surface area contributed by atoms with E-state index >= 15 is 0 Å². The van der Waals surface area contributed by atoms with Gasteiger partial charge in [0.2, 0.25) is 5.91 Å². The largest absolute Gasteiger partial charge is 0.385 e. The van der Waals surface area contributed by atoms with Crippen LogP contribution in [-0.2, 0) is 11.2 Å². The number of allylic oxidation sites excluding steroid dienone is 2. The van der Waals surface area contributed by atoms with Crippen molar-refractivity contribution in [3.8, 4) is 0 Å². The number of nitrogens with one attached hydrogen (secondary N) is 2. The minimum absolute atomic E-state index is 0.0502. The maximum Gasteiger partial charge on any atom is 0.224 e. The topological polar surface area (TPSA) is 41.1 Å². The quantitative estimate of drug-likeness (QED) is 0.815. The van der Waals surface area contributed by atoms with Crippen LogP contribution in [0.1, 0.15) is 32.3 Å². The van der Waals surface area contributed by atoms with E-state index in [1.54, 1.807) is 7.05 Å². The van der Waals surface area contributed by atoms with Crippen LogP contribution in [0.15, 0.2) is 35.9 Å². The lowest BCUT2D eigenvalue weighted by Crippen LogP contribution is -2.20. The van der Waals surface area contributed by atoms with Crippen molar-refractivity contribution in [2.24, 2.45) is 11.8 Å². The van der Waals surface area contributed by atoms with Gasteiger partial charge in [-0.25, -0.2) is 0 Å². The maximum absolute atomic E-state index is 11.3. The van der Waals surface area contributed by atoms with E-state index in [2.05, 4.69) is 42.7 Å². The minimum Gasteiger partial charge on any atom is -0.385 e. The zero-order valence-corrected chi connectivity index (χ0v) is 13.3. The van der Waals surface area contributed by atoms with Crippen molar-refractivity contribution in [2.75, 3.05) is 18.9 Å². The molecule has 21 heavy (non-hydrogen) atoms. The standard InChI is InChI=1S/C18H26N2O/c1-13-8-14(2)10-16(9-13)12-20-17-6-4-15(5-7-17)11-18(21)19-3/h4-8,13,16,20H,9-12H2,1-3H3,(H,19,21). The van der Waals surface area contributed by atoms with E-state index in [4.69, 9.17) is 0 Å². The van der Waals surface area contributed by atoms with Gasteiger partial charge in [-0.2, -0.15) is 0 Å². The van der Waals surface area contributed by atoms with Gasteiger partial charge < -0.3 is 10.6 Å². The van der Waals surface area contributed by atoms with Crippen molar-refractivity contribution in [2.45, 2.75) is 33.1 Å². The molecule has 1 aromatic rings. The molecule has 0 aromatic heterocycles. The van der Waals surface area contributed by atoms with Crippen LogP contribution >= 0.6 is 0 Å². The SMILES string of the molecule is CNC(=O)Cc1ccc(NCC2CC(C)=CC(C)C2)cc1. The second kappa shape index (κ2) is 7.30. The Hall–Kier alpha value is -1.77. The van der Waals surface area contributed by atoms with Crippen LogP contribution in [0.4, 0.5) is 5.69 Å². The molecule has 3 heteroatoms. The lowest BCUT2D eigenvalue weighted by Gasteiger charge is -2.26. The third kappa shape index (κ3) is 4.92. The monoisotopic (exact) mass is 286 g/mol. The zero-order valence-electron chi connectivity index (χ0n) is 13.3. The number of likely N-dealkylation sites (N-methyl/N-ethyl adjacent to an activating group) is 1. The third-order valence-electron chi connectivity index (χ3n) is 4.08. The molecular weight excluding hydrogens is 260 g/mol. The molecule has 1 amide bonds. The van der Waals surface area contributed by atoms with Gasteiger partial charge in [0.15, 0.2) is 0 Å². The van der Waals surface area contributed by atoms with Crippen LogP contribution < -0.4 is 10.6 Å². The fourth-order valence-electron chi connectivity index (χ4n) is 3.12.